The molecule has 1 aliphatic rings. The van der Waals surface area contributed by atoms with Crippen LogP contribution in [0.5, 0.6) is 0 Å². The molecule has 1 saturated heterocycles. The fourth-order valence-corrected chi connectivity index (χ4v) is 1.99. The minimum Gasteiger partial charge on any atom is -0.466 e. The highest BCUT2D eigenvalue weighted by atomic mass is 16.6. The number of hydrogen-bond acceptors (Lipinski definition) is 6. The van der Waals surface area contributed by atoms with Crippen LogP contribution in [0.2, 0.25) is 0 Å². The number of hydrogen-bond donors (Lipinski definition) is 1. The molecule has 19 heavy (non-hydrogen) atoms. The molecule has 1 unspecified atom stereocenters. The average Bonchev–Trinajstić information content (AvgIpc) is 2.85. The fourth-order valence-electron chi connectivity index (χ4n) is 1.99. The number of cyclic esters (lactones) is 1. The van der Waals surface area contributed by atoms with Crippen molar-refractivity contribution in [1.29, 1.82) is 0 Å². The van der Waals surface area contributed by atoms with Crippen LogP contribution in [0, 0.1) is 0 Å². The summed E-state index contributed by atoms with van der Waals surface area (Å²) >= 11 is 0. The first kappa shape index (κ1) is 11.6. The van der Waals surface area contributed by atoms with Crippen molar-refractivity contribution < 1.29 is 19.0 Å². The Labute approximate surface area is 107 Å². The summed E-state index contributed by atoms with van der Waals surface area (Å²) in [4.78, 5) is 23.2. The number of amides is 1. The highest BCUT2D eigenvalue weighted by Gasteiger charge is 2.22. The summed E-state index contributed by atoms with van der Waals surface area (Å²) in [7, 11) is 0. The molecule has 1 amide bonds. The van der Waals surface area contributed by atoms with Crippen LogP contribution in [-0.2, 0) is 9.53 Å². The predicted molar refractivity (Wildman–Crippen MR) is 63.3 cm³/mol. The summed E-state index contributed by atoms with van der Waals surface area (Å²) < 4.78 is 9.39. The summed E-state index contributed by atoms with van der Waals surface area (Å²) in [5.74, 6) is -0.530. The second-order valence-corrected chi connectivity index (χ2v) is 4.35. The van der Waals surface area contributed by atoms with E-state index in [-0.39, 0.29) is 24.3 Å². The van der Waals surface area contributed by atoms with E-state index in [1.807, 2.05) is 0 Å². The van der Waals surface area contributed by atoms with Crippen molar-refractivity contribution in [2.75, 3.05) is 6.61 Å². The summed E-state index contributed by atoms with van der Waals surface area (Å²) in [6.45, 7) is 0.343. The van der Waals surface area contributed by atoms with Crippen molar-refractivity contribution in [3.63, 3.8) is 0 Å². The number of ether oxygens (including phenoxy) is 1. The first-order chi connectivity index (χ1) is 9.22. The van der Waals surface area contributed by atoms with Crippen molar-refractivity contribution in [2.24, 2.45) is 0 Å². The van der Waals surface area contributed by atoms with Gasteiger partial charge in [-0.3, -0.25) is 9.59 Å². The lowest BCUT2D eigenvalue weighted by Crippen LogP contribution is -2.40. The Kier molecular flexibility index (Phi) is 2.86. The number of nitrogens with one attached hydrogen (secondary N) is 1. The molecule has 1 aliphatic heterocycles. The number of esters is 1. The Morgan fingerprint density at radius 1 is 1.32 bits per heavy atom. The van der Waals surface area contributed by atoms with Gasteiger partial charge >= 0.3 is 5.97 Å². The molecule has 7 heteroatoms. The third-order valence-corrected chi connectivity index (χ3v) is 2.99. The number of aromatic nitrogens is 2. The zero-order chi connectivity index (χ0) is 13.2. The van der Waals surface area contributed by atoms with Crippen LogP contribution in [0.3, 0.4) is 0 Å². The van der Waals surface area contributed by atoms with Gasteiger partial charge in [0, 0.05) is 18.0 Å². The van der Waals surface area contributed by atoms with E-state index >= 15 is 0 Å². The minimum atomic E-state index is -0.285. The number of fused-ring (bicyclic) bond motifs is 1. The topological polar surface area (TPSA) is 94.3 Å². The van der Waals surface area contributed by atoms with E-state index in [2.05, 4.69) is 20.3 Å². The minimum absolute atomic E-state index is 0.181. The van der Waals surface area contributed by atoms with Crippen LogP contribution in [0.25, 0.3) is 11.0 Å². The summed E-state index contributed by atoms with van der Waals surface area (Å²) in [6.07, 6.45) is 0.838. The highest BCUT2D eigenvalue weighted by Crippen LogP contribution is 2.13. The van der Waals surface area contributed by atoms with Crippen LogP contribution in [-0.4, -0.2) is 34.8 Å². The molecule has 0 aliphatic carbocycles. The van der Waals surface area contributed by atoms with Gasteiger partial charge in [0.15, 0.2) is 0 Å². The largest absolute Gasteiger partial charge is 0.466 e. The Balaban J connectivity index is 1.74. The normalized spacial score (nSPS) is 19.2. The maximum absolute atomic E-state index is 12.0. The van der Waals surface area contributed by atoms with Gasteiger partial charge in [-0.2, -0.15) is 0 Å². The summed E-state index contributed by atoms with van der Waals surface area (Å²) in [6, 6.07) is 4.72. The maximum Gasteiger partial charge on any atom is 0.307 e. The lowest BCUT2D eigenvalue weighted by Gasteiger charge is -2.22. The molecule has 0 spiro atoms. The SMILES string of the molecule is O=C1CC(NC(=O)c2ccc3nonc3c2)CCO1. The van der Waals surface area contributed by atoms with E-state index in [0.717, 1.165) is 0 Å². The van der Waals surface area contributed by atoms with Gasteiger partial charge in [-0.05, 0) is 28.5 Å². The van der Waals surface area contributed by atoms with Crippen LogP contribution < -0.4 is 5.32 Å². The molecule has 1 N–H and O–H groups in total. The number of rotatable bonds is 2. The lowest BCUT2D eigenvalue weighted by molar-refractivity contribution is -0.147. The molecule has 3 rings (SSSR count). The first-order valence-corrected chi connectivity index (χ1v) is 5.91. The fraction of sp³-hybridized carbons (Fsp3) is 0.333. The highest BCUT2D eigenvalue weighted by molar-refractivity contribution is 5.97. The molecule has 98 valence electrons. The van der Waals surface area contributed by atoms with Crippen LogP contribution in [0.15, 0.2) is 22.8 Å². The van der Waals surface area contributed by atoms with E-state index in [1.54, 1.807) is 18.2 Å². The van der Waals surface area contributed by atoms with Gasteiger partial charge in [-0.1, -0.05) is 0 Å². The monoisotopic (exact) mass is 261 g/mol. The quantitative estimate of drug-likeness (QED) is 0.798. The third kappa shape index (κ3) is 2.40. The lowest BCUT2D eigenvalue weighted by atomic mass is 10.1. The molecular weight excluding hydrogens is 250 g/mol. The van der Waals surface area contributed by atoms with Gasteiger partial charge in [0.25, 0.3) is 5.91 Å². The molecular formula is C12H11N3O4. The van der Waals surface area contributed by atoms with Crippen LogP contribution in [0.4, 0.5) is 0 Å². The number of benzene rings is 1. The summed E-state index contributed by atoms with van der Waals surface area (Å²) in [5, 5.41) is 10.2. The Morgan fingerprint density at radius 2 is 2.16 bits per heavy atom. The molecule has 1 fully saturated rings. The van der Waals surface area contributed by atoms with E-state index in [0.29, 0.717) is 29.6 Å². The average molecular weight is 261 g/mol. The standard InChI is InChI=1S/C12H11N3O4/c16-11-6-8(3-4-18-11)13-12(17)7-1-2-9-10(5-7)15-19-14-9/h1-2,5,8H,3-4,6H2,(H,13,17). The predicted octanol–water partition coefficient (Wildman–Crippen LogP) is 0.658. The molecule has 2 aromatic rings. The van der Waals surface area contributed by atoms with E-state index < -0.39 is 0 Å². The van der Waals surface area contributed by atoms with E-state index in [9.17, 15) is 9.59 Å². The molecule has 0 saturated carbocycles. The molecule has 1 aromatic carbocycles. The summed E-state index contributed by atoms with van der Waals surface area (Å²) in [5.41, 5.74) is 1.58. The molecule has 0 radical (unpaired) electrons. The van der Waals surface area contributed by atoms with Crippen LogP contribution >= 0.6 is 0 Å². The van der Waals surface area contributed by atoms with Gasteiger partial charge in [0.1, 0.15) is 11.0 Å². The molecule has 2 heterocycles. The third-order valence-electron chi connectivity index (χ3n) is 2.99. The first-order valence-electron chi connectivity index (χ1n) is 5.91. The second-order valence-electron chi connectivity index (χ2n) is 4.35. The number of carbonyl (C=O) groups excluding carboxylic acids is 2. The Morgan fingerprint density at radius 3 is 3.00 bits per heavy atom. The van der Waals surface area contributed by atoms with E-state index in [4.69, 9.17) is 4.74 Å². The van der Waals surface area contributed by atoms with Crippen molar-refractivity contribution in [1.82, 2.24) is 15.6 Å². The number of nitrogens with zero attached hydrogens (tertiary/aromatic N) is 2. The van der Waals surface area contributed by atoms with Gasteiger partial charge < -0.3 is 10.1 Å². The zero-order valence-corrected chi connectivity index (χ0v) is 9.96. The zero-order valence-electron chi connectivity index (χ0n) is 9.96. The number of carbonyl (C=O) groups is 2. The van der Waals surface area contributed by atoms with Gasteiger partial charge in [0.2, 0.25) is 0 Å². The van der Waals surface area contributed by atoms with Crippen LogP contribution in [0.1, 0.15) is 23.2 Å². The molecule has 0 bridgehead atoms. The molecule has 1 atom stereocenters. The van der Waals surface area contributed by atoms with Crippen molar-refractivity contribution in [2.45, 2.75) is 18.9 Å². The second kappa shape index (κ2) is 4.68. The van der Waals surface area contributed by atoms with Gasteiger partial charge in [0.05, 0.1) is 13.0 Å². The smallest absolute Gasteiger partial charge is 0.307 e. The van der Waals surface area contributed by atoms with Crippen molar-refractivity contribution in [3.8, 4) is 0 Å². The van der Waals surface area contributed by atoms with Crippen molar-refractivity contribution in [3.05, 3.63) is 23.8 Å². The van der Waals surface area contributed by atoms with E-state index in [1.165, 1.54) is 0 Å². The molecule has 7 nitrogen and oxygen atoms in total. The Bertz CT molecular complexity index is 637. The molecule has 1 aromatic heterocycles. The maximum atomic E-state index is 12.0. The van der Waals surface area contributed by atoms with Gasteiger partial charge in [-0.15, -0.1) is 0 Å². The van der Waals surface area contributed by atoms with Crippen molar-refractivity contribution >= 4 is 22.9 Å². The Hall–Kier alpha value is -2.44. The van der Waals surface area contributed by atoms with Gasteiger partial charge in [-0.25, -0.2) is 4.63 Å².